The van der Waals surface area contributed by atoms with Crippen LogP contribution in [0.25, 0.3) is 0 Å². The summed E-state index contributed by atoms with van der Waals surface area (Å²) in [5, 5.41) is 0. The van der Waals surface area contributed by atoms with Crippen molar-refractivity contribution < 1.29 is 9.59 Å². The minimum atomic E-state index is -0.0866. The van der Waals surface area contributed by atoms with Crippen LogP contribution in [0.1, 0.15) is 76.3 Å². The number of benzene rings is 1. The molecule has 3 rings (SSSR count). The molecule has 2 unspecified atom stereocenters. The van der Waals surface area contributed by atoms with Gasteiger partial charge in [-0.3, -0.25) is 9.59 Å². The molecule has 1 aliphatic heterocycles. The molecule has 1 aliphatic carbocycles. The summed E-state index contributed by atoms with van der Waals surface area (Å²) in [6, 6.07) is 6.18. The van der Waals surface area contributed by atoms with Gasteiger partial charge in [0.1, 0.15) is 0 Å². The molecule has 2 fully saturated rings. The minimum Gasteiger partial charge on any atom is -0.274 e. The summed E-state index contributed by atoms with van der Waals surface area (Å²) in [6.45, 7) is 8.50. The second kappa shape index (κ2) is 6.10. The van der Waals surface area contributed by atoms with E-state index in [2.05, 4.69) is 39.8 Å². The molecule has 124 valence electrons. The van der Waals surface area contributed by atoms with Crippen molar-refractivity contribution in [2.24, 2.45) is 11.8 Å². The first-order chi connectivity index (χ1) is 10.9. The van der Waals surface area contributed by atoms with E-state index in [4.69, 9.17) is 0 Å². The Balaban J connectivity index is 2.14. The molecule has 1 saturated heterocycles. The van der Waals surface area contributed by atoms with Crippen molar-refractivity contribution in [3.63, 3.8) is 0 Å². The first-order valence-corrected chi connectivity index (χ1v) is 8.94. The summed E-state index contributed by atoms with van der Waals surface area (Å²) in [5.74, 6) is 0.469. The van der Waals surface area contributed by atoms with Crippen LogP contribution in [0.4, 0.5) is 5.69 Å². The van der Waals surface area contributed by atoms with Gasteiger partial charge in [0.15, 0.2) is 0 Å². The molecule has 2 atom stereocenters. The van der Waals surface area contributed by atoms with Crippen molar-refractivity contribution in [2.75, 3.05) is 4.90 Å². The Hall–Kier alpha value is -1.64. The number of hydrogen-bond donors (Lipinski definition) is 0. The molecule has 0 spiro atoms. The predicted molar refractivity (Wildman–Crippen MR) is 92.6 cm³/mol. The number of imide groups is 1. The number of amides is 2. The quantitative estimate of drug-likeness (QED) is 0.764. The first kappa shape index (κ1) is 16.2. The van der Waals surface area contributed by atoms with Gasteiger partial charge in [0, 0.05) is 0 Å². The molecule has 3 heteroatoms. The van der Waals surface area contributed by atoms with Crippen LogP contribution in [-0.4, -0.2) is 11.8 Å². The Morgan fingerprint density at radius 3 is 1.70 bits per heavy atom. The molecule has 3 nitrogen and oxygen atoms in total. The Bertz CT molecular complexity index is 582. The molecule has 1 saturated carbocycles. The fraction of sp³-hybridized carbons (Fsp3) is 0.600. The normalized spacial score (nSPS) is 24.7. The second-order valence-corrected chi connectivity index (χ2v) is 7.60. The van der Waals surface area contributed by atoms with E-state index in [-0.39, 0.29) is 35.5 Å². The predicted octanol–water partition coefficient (Wildman–Crippen LogP) is 4.61. The largest absolute Gasteiger partial charge is 0.274 e. The summed E-state index contributed by atoms with van der Waals surface area (Å²) >= 11 is 0. The van der Waals surface area contributed by atoms with Crippen molar-refractivity contribution >= 4 is 17.5 Å². The average Bonchev–Trinajstić information content (AvgIpc) is 2.78. The van der Waals surface area contributed by atoms with Gasteiger partial charge < -0.3 is 0 Å². The monoisotopic (exact) mass is 313 g/mol. The third kappa shape index (κ3) is 2.60. The lowest BCUT2D eigenvalue weighted by Gasteiger charge is -2.25. The van der Waals surface area contributed by atoms with Crippen LogP contribution in [0.2, 0.25) is 0 Å². The van der Waals surface area contributed by atoms with Crippen LogP contribution in [0.15, 0.2) is 18.2 Å². The highest BCUT2D eigenvalue weighted by Crippen LogP contribution is 2.44. The first-order valence-electron chi connectivity index (χ1n) is 8.94. The van der Waals surface area contributed by atoms with E-state index in [0.717, 1.165) is 42.5 Å². The van der Waals surface area contributed by atoms with Crippen molar-refractivity contribution in [3.05, 3.63) is 29.3 Å². The maximum Gasteiger partial charge on any atom is 0.237 e. The third-order valence-corrected chi connectivity index (χ3v) is 5.41. The zero-order valence-electron chi connectivity index (χ0n) is 14.6. The summed E-state index contributed by atoms with van der Waals surface area (Å²) in [5.41, 5.74) is 3.09. The summed E-state index contributed by atoms with van der Waals surface area (Å²) < 4.78 is 0. The Morgan fingerprint density at radius 2 is 1.30 bits per heavy atom. The number of carbonyl (C=O) groups is 2. The lowest BCUT2D eigenvalue weighted by molar-refractivity contribution is -0.122. The molecular weight excluding hydrogens is 286 g/mol. The maximum atomic E-state index is 13.0. The zero-order valence-corrected chi connectivity index (χ0v) is 14.6. The summed E-state index contributed by atoms with van der Waals surface area (Å²) in [7, 11) is 0. The van der Waals surface area contributed by atoms with Crippen LogP contribution >= 0.6 is 0 Å². The van der Waals surface area contributed by atoms with E-state index in [9.17, 15) is 9.59 Å². The van der Waals surface area contributed by atoms with Gasteiger partial charge in [0.05, 0.1) is 17.5 Å². The molecule has 0 radical (unpaired) electrons. The number of para-hydroxylation sites is 1. The topological polar surface area (TPSA) is 37.4 Å². The van der Waals surface area contributed by atoms with Crippen LogP contribution in [0.3, 0.4) is 0 Å². The van der Waals surface area contributed by atoms with Crippen molar-refractivity contribution in [1.29, 1.82) is 0 Å². The molecular formula is C20H27NO2. The van der Waals surface area contributed by atoms with Gasteiger partial charge in [0.2, 0.25) is 11.8 Å². The van der Waals surface area contributed by atoms with Crippen molar-refractivity contribution in [2.45, 2.75) is 65.2 Å². The zero-order chi connectivity index (χ0) is 16.7. The molecule has 0 N–H and O–H groups in total. The summed E-state index contributed by atoms with van der Waals surface area (Å²) in [6.07, 6.45) is 3.87. The van der Waals surface area contributed by atoms with Gasteiger partial charge in [-0.2, -0.15) is 0 Å². The van der Waals surface area contributed by atoms with E-state index in [1.165, 1.54) is 0 Å². The second-order valence-electron chi connectivity index (χ2n) is 7.60. The molecule has 1 heterocycles. The van der Waals surface area contributed by atoms with E-state index >= 15 is 0 Å². The average molecular weight is 313 g/mol. The van der Waals surface area contributed by atoms with Gasteiger partial charge in [-0.25, -0.2) is 4.90 Å². The number of anilines is 1. The van der Waals surface area contributed by atoms with Crippen molar-refractivity contribution in [1.82, 2.24) is 0 Å². The van der Waals surface area contributed by atoms with Crippen LogP contribution in [-0.2, 0) is 9.59 Å². The number of carbonyl (C=O) groups excluding carboxylic acids is 2. The third-order valence-electron chi connectivity index (χ3n) is 5.41. The fourth-order valence-electron chi connectivity index (χ4n) is 4.15. The van der Waals surface area contributed by atoms with Crippen LogP contribution in [0.5, 0.6) is 0 Å². The molecule has 1 aromatic carbocycles. The minimum absolute atomic E-state index is 0.0368. The molecule has 0 aromatic heterocycles. The van der Waals surface area contributed by atoms with Gasteiger partial charge in [-0.1, -0.05) is 58.7 Å². The van der Waals surface area contributed by atoms with Gasteiger partial charge in [-0.05, 0) is 35.8 Å². The number of nitrogens with zero attached hydrogens (tertiary/aromatic N) is 1. The van der Waals surface area contributed by atoms with E-state index < -0.39 is 0 Å². The lowest BCUT2D eigenvalue weighted by atomic mass is 9.81. The smallest absolute Gasteiger partial charge is 0.237 e. The van der Waals surface area contributed by atoms with Gasteiger partial charge >= 0.3 is 0 Å². The van der Waals surface area contributed by atoms with Gasteiger partial charge in [0.25, 0.3) is 0 Å². The summed E-state index contributed by atoms with van der Waals surface area (Å²) in [4.78, 5) is 27.6. The number of rotatable bonds is 3. The molecule has 2 amide bonds. The fourth-order valence-corrected chi connectivity index (χ4v) is 4.15. The Labute approximate surface area is 139 Å². The molecule has 23 heavy (non-hydrogen) atoms. The molecule has 1 aromatic rings. The number of fused-ring (bicyclic) bond motifs is 1. The maximum absolute atomic E-state index is 13.0. The number of hydrogen-bond acceptors (Lipinski definition) is 2. The van der Waals surface area contributed by atoms with Crippen molar-refractivity contribution in [3.8, 4) is 0 Å². The van der Waals surface area contributed by atoms with Gasteiger partial charge in [-0.15, -0.1) is 0 Å². The standard InChI is InChI=1S/C20H27NO2/c1-12(2)14-10-7-11-15(13(3)4)18(14)21-19(22)16-8-5-6-9-17(16)20(21)23/h7,10-13,16-17H,5-6,8-9H2,1-4H3. The SMILES string of the molecule is CC(C)c1cccc(C(C)C)c1N1C(=O)C2CCCCC2C1=O. The molecule has 2 aliphatic rings. The highest BCUT2D eigenvalue weighted by molar-refractivity contribution is 6.22. The van der Waals surface area contributed by atoms with E-state index in [0.29, 0.717) is 0 Å². The van der Waals surface area contributed by atoms with Crippen LogP contribution < -0.4 is 4.90 Å². The highest BCUT2D eigenvalue weighted by atomic mass is 16.2. The van der Waals surface area contributed by atoms with Crippen LogP contribution in [0, 0.1) is 11.8 Å². The van der Waals surface area contributed by atoms with E-state index in [1.807, 2.05) is 6.07 Å². The molecule has 0 bridgehead atoms. The highest BCUT2D eigenvalue weighted by Gasteiger charge is 2.49. The Morgan fingerprint density at radius 1 is 0.870 bits per heavy atom. The van der Waals surface area contributed by atoms with E-state index in [1.54, 1.807) is 4.90 Å². The lowest BCUT2D eigenvalue weighted by Crippen LogP contribution is -2.33. The Kier molecular flexibility index (Phi) is 4.31.